The van der Waals surface area contributed by atoms with Gasteiger partial charge in [-0.3, -0.25) is 4.57 Å². The van der Waals surface area contributed by atoms with Crippen molar-refractivity contribution in [2.45, 2.75) is 104 Å². The van der Waals surface area contributed by atoms with Crippen LogP contribution in [0, 0.1) is 18.5 Å². The van der Waals surface area contributed by atoms with Gasteiger partial charge in [0, 0.05) is 55.1 Å². The van der Waals surface area contributed by atoms with Crippen LogP contribution in [0.2, 0.25) is 0 Å². The molecule has 0 fully saturated rings. The van der Waals surface area contributed by atoms with E-state index in [2.05, 4.69) is 153 Å². The Hall–Kier alpha value is -10.4. The van der Waals surface area contributed by atoms with Gasteiger partial charge >= 0.3 is 0 Å². The number of hydrogen-bond donors (Lipinski definition) is 0. The fraction of sp³-hybridized carbons (Fsp3) is 0.170. The molecule has 0 radical (unpaired) electrons. The minimum atomic E-state index is -5.90. The summed E-state index contributed by atoms with van der Waals surface area (Å²) in [7, 11) is -5.90. The number of hydrogen-bond acceptors (Lipinski definition) is 3. The monoisotopic (exact) mass is 1530 g/mol. The van der Waals surface area contributed by atoms with Crippen molar-refractivity contribution in [2.24, 2.45) is 0 Å². The molecular weight excluding hydrogens is 1440 g/mol. The van der Waals surface area contributed by atoms with Crippen molar-refractivity contribution in [2.75, 3.05) is 0 Å². The molecule has 12 aromatic carbocycles. The van der Waals surface area contributed by atoms with Crippen LogP contribution < -0.4 is 30.1 Å². The van der Waals surface area contributed by atoms with Crippen molar-refractivity contribution >= 4 is 83.6 Å². The molecule has 18 rings (SSSR count). The first-order valence-electron chi connectivity index (χ1n) is 41.8. The molecule has 0 unspecified atom stereocenters. The number of fused-ring (bicyclic) bond motifs is 14. The molecule has 2 aliphatic rings. The van der Waals surface area contributed by atoms with Gasteiger partial charge in [-0.2, -0.15) is 18.2 Å². The van der Waals surface area contributed by atoms with E-state index in [1.807, 2.05) is 95.7 Å². The van der Waals surface area contributed by atoms with E-state index in [9.17, 15) is 16.4 Å². The summed E-state index contributed by atoms with van der Waals surface area (Å²) in [6, 6.07) is 50.2. The third kappa shape index (κ3) is 10.4. The van der Waals surface area contributed by atoms with Gasteiger partial charge in [-0.1, -0.05) is 262 Å². The molecule has 0 spiro atoms. The maximum atomic E-state index is 10.3. The minimum Gasteiger partial charge on any atom is -0.510 e. The third-order valence-corrected chi connectivity index (χ3v) is 25.3. The summed E-state index contributed by atoms with van der Waals surface area (Å²) >= 11 is 0. The normalized spacial score (nSPS) is 16.0. The van der Waals surface area contributed by atoms with Crippen LogP contribution >= 0.6 is 0 Å². The van der Waals surface area contributed by atoms with Crippen LogP contribution in [0.4, 0.5) is 0 Å². The molecular formula is C94H78N4O2PtSi-2. The summed E-state index contributed by atoms with van der Waals surface area (Å²) < 4.78 is 166. The van der Waals surface area contributed by atoms with Gasteiger partial charge in [-0.15, -0.1) is 29.7 Å². The molecule has 0 atom stereocenters. The molecule has 0 bridgehead atoms. The van der Waals surface area contributed by atoms with Crippen molar-refractivity contribution in [3.05, 3.63) is 307 Å². The second-order valence-corrected chi connectivity index (χ2v) is 33.8. The first kappa shape index (κ1) is 50.0. The molecule has 16 aromatic rings. The van der Waals surface area contributed by atoms with E-state index < -0.39 is 120 Å². The number of benzene rings is 12. The number of imidazole rings is 1. The molecule has 0 saturated heterocycles. The molecule has 0 saturated carbocycles. The van der Waals surface area contributed by atoms with E-state index in [-0.39, 0.29) is 53.8 Å². The van der Waals surface area contributed by atoms with Crippen molar-refractivity contribution in [1.82, 2.24) is 14.1 Å². The van der Waals surface area contributed by atoms with Crippen molar-refractivity contribution in [1.29, 1.82) is 0 Å². The second-order valence-electron chi connectivity index (χ2n) is 30.2. The Bertz CT molecular complexity index is 6750. The number of furan rings is 1. The number of rotatable bonds is 9. The number of pyridine rings is 1. The van der Waals surface area contributed by atoms with E-state index in [0.29, 0.717) is 56.3 Å². The molecule has 4 aromatic heterocycles. The van der Waals surface area contributed by atoms with E-state index in [0.717, 1.165) is 90.0 Å². The van der Waals surface area contributed by atoms with Gasteiger partial charge in [0.05, 0.1) is 37.3 Å². The largest absolute Gasteiger partial charge is 0.510 e. The molecule has 0 N–H and O–H groups in total. The summed E-state index contributed by atoms with van der Waals surface area (Å²) in [6.07, 6.45) is 7.53. The van der Waals surface area contributed by atoms with E-state index >= 15 is 0 Å². The van der Waals surface area contributed by atoms with Crippen LogP contribution in [0.1, 0.15) is 125 Å². The smallest absolute Gasteiger partial charge is 0.268 e. The molecule has 8 heteroatoms. The van der Waals surface area contributed by atoms with Gasteiger partial charge < -0.3 is 18.3 Å². The Labute approximate surface area is 633 Å². The first-order chi connectivity index (χ1) is 55.0. The van der Waals surface area contributed by atoms with Crippen LogP contribution in [0.5, 0.6) is 11.5 Å². The quantitative estimate of drug-likeness (QED) is 0.0626. The van der Waals surface area contributed by atoms with Gasteiger partial charge in [0.15, 0.2) is 8.07 Å². The van der Waals surface area contributed by atoms with E-state index in [4.69, 9.17) is 18.3 Å². The average Bonchev–Trinajstić information content (AvgIpc) is 1.65. The van der Waals surface area contributed by atoms with Crippen molar-refractivity contribution in [3.63, 3.8) is 0 Å². The fourth-order valence-corrected chi connectivity index (χ4v) is 19.5. The Balaban J connectivity index is 0.00000983. The molecule has 5 heterocycles. The Morgan fingerprint density at radius 3 is 1.75 bits per heavy atom. The third-order valence-electron chi connectivity index (χ3n) is 21.1. The predicted molar refractivity (Wildman–Crippen MR) is 419 cm³/mol. The minimum absolute atomic E-state index is 0. The summed E-state index contributed by atoms with van der Waals surface area (Å²) in [4.78, 5) is 4.93. The molecule has 1 aliphatic heterocycles. The number of nitrogens with zero attached hydrogens (tertiary/aromatic N) is 4. The van der Waals surface area contributed by atoms with Gasteiger partial charge in [0.25, 0.3) is 6.33 Å². The zero-order valence-electron chi connectivity index (χ0n) is 73.1. The zero-order chi connectivity index (χ0) is 82.0. The maximum absolute atomic E-state index is 10.3. The number of ether oxygens (including phenoxy) is 1. The Morgan fingerprint density at radius 1 is 0.490 bits per heavy atom. The van der Waals surface area contributed by atoms with Crippen LogP contribution in [-0.4, -0.2) is 22.2 Å². The zero-order valence-corrected chi connectivity index (χ0v) is 61.4. The summed E-state index contributed by atoms with van der Waals surface area (Å²) in [6.45, 7) is 22.2. The summed E-state index contributed by atoms with van der Waals surface area (Å²) in [5, 5.41) is 1.69. The summed E-state index contributed by atoms with van der Waals surface area (Å²) in [5.41, 5.74) is 13.5. The van der Waals surface area contributed by atoms with Crippen molar-refractivity contribution in [3.8, 4) is 73.2 Å². The summed E-state index contributed by atoms with van der Waals surface area (Å²) in [5.74, 6) is 1.24. The number of aromatic nitrogens is 4. The molecule has 502 valence electrons. The van der Waals surface area contributed by atoms with Gasteiger partial charge in [0.2, 0.25) is 0 Å². The van der Waals surface area contributed by atoms with E-state index in [1.165, 1.54) is 5.56 Å². The SMILES string of the molecule is [2H]c1c([2H])c([2H])c([Si](c2cc3c4c(c2)n(-c2[c-]c(Oc5[c-]c6c(cc5)c5ccccc5n6-c5cc(C(C)(C)C)ccn5)ccc2)[c-][n+]4-c2c(-c4ccc5oc6ccccc6c5c4)cc(C(C)(C)C)cc2-c2cc4c(cc2-c2ccccc2-3)C(C)(C)CCC4(C)C)(c2c([2H])c([2H])c([2H])c([2H])c2[2H])c2c([2H])c([2H])c([2H])c([2H])c2[2H])c([2H])c1[2H].[Pt]. The number of para-hydroxylation sites is 2. The molecule has 0 amide bonds. The average molecular weight is 1530 g/mol. The van der Waals surface area contributed by atoms with Crippen LogP contribution in [0.15, 0.2) is 271 Å². The van der Waals surface area contributed by atoms with Crippen LogP contribution in [0.25, 0.3) is 116 Å². The standard InChI is InChI=1S/C94H78N4O2Si.Pt/c1-91(2,3)61-45-48-95-88(52-61)98-83-39-24-22-37-72(83)73-43-42-65(54-84(73)98)99-64-28-26-27-63(53-64)96-59-97-89-75(60-41-44-87-78(49-60)74-38-23-25-40-86(74)100-87)50-62(92(4,5)6)51-79(89)77-58-82-81(93(7,8)46-47-94(82,9)10)57-76(77)70-35-20-21-36-71(70)80-55-69(56-85(96)90(80)97)101(66-29-14-11-15-30-66,67-31-16-12-17-32-67)68-33-18-13-19-34-68;/h11-45,48-52,55-58H,46-47H2,1-10H3;/q-2;/i11D,12D,13D,14D,15D,16D,17D,18D,19D,29D,30D,31D,32D,33D,34D;. The topological polar surface area (TPSA) is 49.0 Å². The van der Waals surface area contributed by atoms with Gasteiger partial charge in [-0.25, -0.2) is 4.98 Å². The van der Waals surface area contributed by atoms with Gasteiger partial charge in [-0.05, 0) is 176 Å². The Morgan fingerprint density at radius 2 is 1.08 bits per heavy atom. The first-order valence-corrected chi connectivity index (χ1v) is 36.3. The molecule has 6 nitrogen and oxygen atoms in total. The molecule has 1 aliphatic carbocycles. The fourth-order valence-electron chi connectivity index (χ4n) is 15.7. The van der Waals surface area contributed by atoms with Crippen LogP contribution in [-0.2, 0) is 42.7 Å². The van der Waals surface area contributed by atoms with Crippen LogP contribution in [0.3, 0.4) is 0 Å². The second kappa shape index (κ2) is 24.1. The molecule has 102 heavy (non-hydrogen) atoms. The van der Waals surface area contributed by atoms with E-state index in [1.54, 1.807) is 28.8 Å². The Kier molecular flexibility index (Phi) is 11.8. The predicted octanol–water partition coefficient (Wildman–Crippen LogP) is 20.8. The maximum Gasteiger partial charge on any atom is 0.268 e. The van der Waals surface area contributed by atoms with Gasteiger partial charge in [0.1, 0.15) is 17.0 Å². The van der Waals surface area contributed by atoms with Crippen molar-refractivity contribution < 1.29 is 55.3 Å².